The minimum atomic E-state index is -0.997. The maximum absolute atomic E-state index is 12.7. The summed E-state index contributed by atoms with van der Waals surface area (Å²) in [6, 6.07) is 6.18. The number of hydrogen-bond acceptors (Lipinski definition) is 5. The molecule has 4 saturated carbocycles. The first-order valence-corrected chi connectivity index (χ1v) is 14.6. The first kappa shape index (κ1) is 27.6. The van der Waals surface area contributed by atoms with Crippen molar-refractivity contribution < 1.29 is 30.0 Å². The van der Waals surface area contributed by atoms with Gasteiger partial charge in [-0.2, -0.15) is 0 Å². The van der Waals surface area contributed by atoms with E-state index in [1.807, 2.05) is 0 Å². The van der Waals surface area contributed by atoms with Gasteiger partial charge in [0.1, 0.15) is 0 Å². The van der Waals surface area contributed by atoms with E-state index in [4.69, 9.17) is 5.11 Å². The van der Waals surface area contributed by atoms with E-state index in [0.717, 1.165) is 38.5 Å². The number of carbonyl (C=O) groups excluding carboxylic acids is 1. The number of hydrogen-bond donors (Lipinski definition) is 5. The number of aromatic carboxylic acids is 1. The van der Waals surface area contributed by atoms with Gasteiger partial charge in [0, 0.05) is 12.1 Å². The molecule has 38 heavy (non-hydrogen) atoms. The molecule has 5 rings (SSSR count). The van der Waals surface area contributed by atoms with Crippen LogP contribution in [0.15, 0.2) is 24.3 Å². The van der Waals surface area contributed by atoms with Crippen molar-refractivity contribution in [3.63, 3.8) is 0 Å². The van der Waals surface area contributed by atoms with Crippen LogP contribution in [0.2, 0.25) is 0 Å². The smallest absolute Gasteiger partial charge is 0.335 e. The topological polar surface area (TPSA) is 127 Å². The van der Waals surface area contributed by atoms with Gasteiger partial charge in [0.05, 0.1) is 23.9 Å². The molecule has 7 nitrogen and oxygen atoms in total. The van der Waals surface area contributed by atoms with Gasteiger partial charge in [0.25, 0.3) is 0 Å². The van der Waals surface area contributed by atoms with Crippen LogP contribution in [0.25, 0.3) is 0 Å². The lowest BCUT2D eigenvalue weighted by molar-refractivity contribution is -0.207. The number of aliphatic hydroxyl groups is 3. The highest BCUT2D eigenvalue weighted by Gasteiger charge is 2.65. The van der Waals surface area contributed by atoms with E-state index in [2.05, 4.69) is 26.1 Å². The van der Waals surface area contributed by atoms with Gasteiger partial charge in [-0.05, 0) is 122 Å². The van der Waals surface area contributed by atoms with Crippen molar-refractivity contribution in [3.05, 3.63) is 29.8 Å². The molecule has 4 aliphatic rings. The zero-order chi connectivity index (χ0) is 27.4. The van der Waals surface area contributed by atoms with Crippen LogP contribution >= 0.6 is 0 Å². The summed E-state index contributed by atoms with van der Waals surface area (Å²) in [5.74, 6) is 0.507. The molecular formula is C31H45NO6. The van der Waals surface area contributed by atoms with Crippen LogP contribution in [0.1, 0.15) is 88.9 Å². The van der Waals surface area contributed by atoms with Crippen LogP contribution in [-0.4, -0.2) is 50.6 Å². The normalized spacial score (nSPS) is 42.9. The number of benzene rings is 1. The molecule has 1 amide bonds. The SMILES string of the molecule is CC(CCC(=O)Nc1ccc(C(=O)O)cc1)[C@H]1CCC2C3C(C[C@H](O)[C@@]21C)[C@@]1(C)CC[C@@H](O)CC1C[C@H]3O. The largest absolute Gasteiger partial charge is 0.478 e. The number of carbonyl (C=O) groups is 2. The highest BCUT2D eigenvalue weighted by atomic mass is 16.4. The molecule has 0 spiro atoms. The molecule has 4 fully saturated rings. The highest BCUT2D eigenvalue weighted by molar-refractivity contribution is 5.92. The average Bonchev–Trinajstić information content (AvgIpc) is 3.23. The van der Waals surface area contributed by atoms with Gasteiger partial charge in [-0.15, -0.1) is 0 Å². The van der Waals surface area contributed by atoms with Crippen LogP contribution in [0.3, 0.4) is 0 Å². The zero-order valence-electron chi connectivity index (χ0n) is 23.0. The van der Waals surface area contributed by atoms with E-state index in [0.29, 0.717) is 30.9 Å². The summed E-state index contributed by atoms with van der Waals surface area (Å²) in [5, 5.41) is 45.4. The van der Waals surface area contributed by atoms with Gasteiger partial charge >= 0.3 is 5.97 Å². The predicted molar refractivity (Wildman–Crippen MR) is 144 cm³/mol. The Morgan fingerprint density at radius 3 is 2.39 bits per heavy atom. The van der Waals surface area contributed by atoms with Gasteiger partial charge < -0.3 is 25.7 Å². The second-order valence-electron chi connectivity index (χ2n) is 13.5. The lowest BCUT2D eigenvalue weighted by atomic mass is 9.43. The average molecular weight is 528 g/mol. The van der Waals surface area contributed by atoms with Gasteiger partial charge in [0.2, 0.25) is 5.91 Å². The summed E-state index contributed by atoms with van der Waals surface area (Å²) < 4.78 is 0. The fourth-order valence-corrected chi connectivity index (χ4v) is 9.61. The molecule has 5 N–H and O–H groups in total. The van der Waals surface area contributed by atoms with Crippen molar-refractivity contribution in [2.45, 2.75) is 96.9 Å². The Labute approximate surface area is 226 Å². The third kappa shape index (κ3) is 4.58. The van der Waals surface area contributed by atoms with Crippen LogP contribution < -0.4 is 5.32 Å². The Balaban J connectivity index is 1.25. The summed E-state index contributed by atoms with van der Waals surface area (Å²) in [7, 11) is 0. The van der Waals surface area contributed by atoms with E-state index in [1.54, 1.807) is 12.1 Å². The van der Waals surface area contributed by atoms with Crippen molar-refractivity contribution >= 4 is 17.6 Å². The van der Waals surface area contributed by atoms with E-state index >= 15 is 0 Å². The van der Waals surface area contributed by atoms with Crippen molar-refractivity contribution in [3.8, 4) is 0 Å². The Morgan fingerprint density at radius 2 is 1.71 bits per heavy atom. The van der Waals surface area contributed by atoms with Gasteiger partial charge in [-0.1, -0.05) is 20.8 Å². The molecule has 0 radical (unpaired) electrons. The molecule has 0 heterocycles. The number of rotatable bonds is 6. The van der Waals surface area contributed by atoms with Gasteiger partial charge in [-0.3, -0.25) is 4.79 Å². The van der Waals surface area contributed by atoms with Crippen LogP contribution in [0.4, 0.5) is 5.69 Å². The molecule has 11 atom stereocenters. The maximum atomic E-state index is 12.7. The molecule has 0 aliphatic heterocycles. The molecule has 5 unspecified atom stereocenters. The first-order valence-electron chi connectivity index (χ1n) is 14.6. The Kier molecular flexibility index (Phi) is 7.42. The summed E-state index contributed by atoms with van der Waals surface area (Å²) in [6.07, 6.45) is 6.03. The Bertz CT molecular complexity index is 1040. The van der Waals surface area contributed by atoms with Crippen molar-refractivity contribution in [1.82, 2.24) is 0 Å². The predicted octanol–water partition coefficient (Wildman–Crippen LogP) is 4.70. The quantitative estimate of drug-likeness (QED) is 0.365. The number of aliphatic hydroxyl groups excluding tert-OH is 3. The third-order valence-electron chi connectivity index (χ3n) is 11.8. The number of carboxylic acids is 1. The minimum Gasteiger partial charge on any atom is -0.478 e. The van der Waals surface area contributed by atoms with E-state index < -0.39 is 12.1 Å². The monoisotopic (exact) mass is 527 g/mol. The fraction of sp³-hybridized carbons (Fsp3) is 0.742. The Morgan fingerprint density at radius 1 is 1.00 bits per heavy atom. The standard InChI is InChI=1S/C31H45NO6/c1-17(4-11-27(36)32-20-7-5-18(6-8-20)29(37)38)22-9-10-23-28-24(16-26(35)31(22,23)3)30(2)13-12-21(33)14-19(30)15-25(28)34/h5-8,17,19,21-26,28,33-35H,4,9-16H2,1-3H3,(H,32,36)(H,37,38)/t17?,19?,21-,22-,23?,24?,25-,26+,28?,30+,31-/m1/s1. The summed E-state index contributed by atoms with van der Waals surface area (Å²) >= 11 is 0. The summed E-state index contributed by atoms with van der Waals surface area (Å²) in [4.78, 5) is 23.7. The van der Waals surface area contributed by atoms with E-state index in [9.17, 15) is 24.9 Å². The fourth-order valence-electron chi connectivity index (χ4n) is 9.61. The van der Waals surface area contributed by atoms with Crippen LogP contribution in [0, 0.1) is 46.3 Å². The number of amides is 1. The minimum absolute atomic E-state index is 0.0654. The van der Waals surface area contributed by atoms with Gasteiger partial charge in [0.15, 0.2) is 0 Å². The van der Waals surface area contributed by atoms with Crippen molar-refractivity contribution in [2.75, 3.05) is 5.32 Å². The number of nitrogens with one attached hydrogen (secondary N) is 1. The molecule has 4 aliphatic carbocycles. The first-order chi connectivity index (χ1) is 17.9. The van der Waals surface area contributed by atoms with E-state index in [-0.39, 0.29) is 64.1 Å². The summed E-state index contributed by atoms with van der Waals surface area (Å²) in [6.45, 7) is 6.79. The molecular weight excluding hydrogens is 482 g/mol. The molecule has 0 aromatic heterocycles. The maximum Gasteiger partial charge on any atom is 0.335 e. The number of fused-ring (bicyclic) bond motifs is 5. The molecule has 0 bridgehead atoms. The second kappa shape index (κ2) is 10.2. The van der Waals surface area contributed by atoms with E-state index in [1.165, 1.54) is 12.1 Å². The molecule has 0 saturated heterocycles. The third-order valence-corrected chi connectivity index (χ3v) is 11.8. The van der Waals surface area contributed by atoms with Crippen molar-refractivity contribution in [1.29, 1.82) is 0 Å². The second-order valence-corrected chi connectivity index (χ2v) is 13.5. The number of carboxylic acid groups (broad SMARTS) is 1. The molecule has 1 aromatic carbocycles. The highest BCUT2D eigenvalue weighted by Crippen LogP contribution is 2.68. The zero-order valence-corrected chi connectivity index (χ0v) is 23.0. The van der Waals surface area contributed by atoms with Crippen LogP contribution in [0.5, 0.6) is 0 Å². The number of anilines is 1. The molecule has 1 aromatic rings. The lowest BCUT2D eigenvalue weighted by Crippen LogP contribution is -2.62. The van der Waals surface area contributed by atoms with Crippen LogP contribution in [-0.2, 0) is 4.79 Å². The molecule has 7 heteroatoms. The van der Waals surface area contributed by atoms with Gasteiger partial charge in [-0.25, -0.2) is 4.79 Å². The summed E-state index contributed by atoms with van der Waals surface area (Å²) in [5.41, 5.74) is 0.558. The Hall–Kier alpha value is -1.96. The van der Waals surface area contributed by atoms with Crippen molar-refractivity contribution in [2.24, 2.45) is 46.3 Å². The lowest BCUT2D eigenvalue weighted by Gasteiger charge is -2.63. The molecule has 210 valence electrons.